The Morgan fingerprint density at radius 3 is 2.25 bits per heavy atom. The summed E-state index contributed by atoms with van der Waals surface area (Å²) in [4.78, 5) is 11.2. The molecule has 1 aromatic heterocycles. The largest absolute Gasteiger partial charge is 0.293 e. The van der Waals surface area contributed by atoms with Crippen molar-refractivity contribution in [1.29, 1.82) is 0 Å². The fourth-order valence-electron chi connectivity index (χ4n) is 1.95. The lowest BCUT2D eigenvalue weighted by Gasteiger charge is -2.00. The van der Waals surface area contributed by atoms with Crippen LogP contribution in [-0.2, 0) is 9.84 Å². The molecule has 3 rings (SSSR count). The lowest BCUT2D eigenvalue weighted by molar-refractivity contribution is -0.384. The van der Waals surface area contributed by atoms with Crippen LogP contribution >= 0.6 is 0 Å². The molecule has 0 spiro atoms. The van der Waals surface area contributed by atoms with Crippen molar-refractivity contribution in [2.24, 2.45) is 0 Å². The van der Waals surface area contributed by atoms with Gasteiger partial charge in [0.15, 0.2) is 0 Å². The van der Waals surface area contributed by atoms with E-state index in [4.69, 9.17) is 0 Å². The topological polar surface area (TPSA) is 121 Å². The summed E-state index contributed by atoms with van der Waals surface area (Å²) >= 11 is 0. The van der Waals surface area contributed by atoms with Crippen LogP contribution in [0.1, 0.15) is 5.56 Å². The molecule has 0 amide bonds. The van der Waals surface area contributed by atoms with Gasteiger partial charge in [-0.25, -0.2) is 8.42 Å². The summed E-state index contributed by atoms with van der Waals surface area (Å²) in [6, 6.07) is 11.6. The zero-order chi connectivity index (χ0) is 17.3. The van der Waals surface area contributed by atoms with Crippen LogP contribution in [0.3, 0.4) is 0 Å². The number of sulfone groups is 1. The van der Waals surface area contributed by atoms with Gasteiger partial charge in [0.05, 0.1) is 15.5 Å². The number of nitrogens with zero attached hydrogens (tertiary/aromatic N) is 5. The van der Waals surface area contributed by atoms with Crippen molar-refractivity contribution in [1.82, 2.24) is 20.2 Å². The summed E-state index contributed by atoms with van der Waals surface area (Å²) in [5.41, 5.74) is 1.20. The lowest BCUT2D eigenvalue weighted by atomic mass is 10.2. The molecule has 9 nitrogen and oxygen atoms in total. The molecule has 0 saturated heterocycles. The van der Waals surface area contributed by atoms with E-state index in [0.29, 0.717) is 5.69 Å². The van der Waals surface area contributed by atoms with Crippen molar-refractivity contribution in [3.63, 3.8) is 0 Å². The second kappa shape index (κ2) is 5.81. The molecule has 24 heavy (non-hydrogen) atoms. The van der Waals surface area contributed by atoms with Crippen molar-refractivity contribution >= 4 is 15.5 Å². The molecule has 10 heteroatoms. The average Bonchev–Trinajstić information content (AvgIpc) is 3.06. The van der Waals surface area contributed by atoms with Gasteiger partial charge < -0.3 is 0 Å². The van der Waals surface area contributed by atoms with Gasteiger partial charge in [-0.15, -0.1) is 9.90 Å². The van der Waals surface area contributed by atoms with Crippen LogP contribution in [0.4, 0.5) is 5.69 Å². The number of aromatic nitrogens is 4. The highest BCUT2D eigenvalue weighted by molar-refractivity contribution is 7.91. The van der Waals surface area contributed by atoms with Crippen LogP contribution in [0.2, 0.25) is 0 Å². The molecular formula is C14H11N5O4S. The van der Waals surface area contributed by atoms with E-state index in [-0.39, 0.29) is 10.6 Å². The van der Waals surface area contributed by atoms with Crippen molar-refractivity contribution < 1.29 is 13.3 Å². The molecule has 0 radical (unpaired) electrons. The Bertz CT molecular complexity index is 994. The minimum atomic E-state index is -3.88. The van der Waals surface area contributed by atoms with E-state index in [9.17, 15) is 18.5 Å². The predicted molar refractivity (Wildman–Crippen MR) is 82.4 cm³/mol. The van der Waals surface area contributed by atoms with Crippen LogP contribution in [-0.4, -0.2) is 33.5 Å². The molecule has 3 aromatic rings. The maximum Gasteiger partial charge on any atom is 0.293 e. The Morgan fingerprint density at radius 2 is 1.67 bits per heavy atom. The Kier molecular flexibility index (Phi) is 3.81. The maximum absolute atomic E-state index is 12.5. The lowest BCUT2D eigenvalue weighted by Crippen LogP contribution is -2.05. The third kappa shape index (κ3) is 2.86. The molecule has 0 fully saturated rings. The molecule has 0 aliphatic heterocycles. The third-order valence-electron chi connectivity index (χ3n) is 3.26. The van der Waals surface area contributed by atoms with E-state index in [1.165, 1.54) is 36.4 Å². The summed E-state index contributed by atoms with van der Waals surface area (Å²) in [6.07, 6.45) is 0. The van der Waals surface area contributed by atoms with Gasteiger partial charge in [0.25, 0.3) is 10.8 Å². The average molecular weight is 345 g/mol. The van der Waals surface area contributed by atoms with Gasteiger partial charge in [-0.2, -0.15) is 0 Å². The monoisotopic (exact) mass is 345 g/mol. The molecule has 1 heterocycles. The summed E-state index contributed by atoms with van der Waals surface area (Å²) in [7, 11) is -3.88. The van der Waals surface area contributed by atoms with Gasteiger partial charge in [0.1, 0.15) is 0 Å². The second-order valence-corrected chi connectivity index (χ2v) is 6.79. The van der Waals surface area contributed by atoms with Crippen molar-refractivity contribution in [3.8, 4) is 5.69 Å². The summed E-state index contributed by atoms with van der Waals surface area (Å²) in [5.74, 6) is 0. The number of hydrogen-bond acceptors (Lipinski definition) is 7. The molecule has 0 unspecified atom stereocenters. The first-order chi connectivity index (χ1) is 11.4. The van der Waals surface area contributed by atoms with Crippen LogP contribution in [0, 0.1) is 17.0 Å². The van der Waals surface area contributed by atoms with Crippen LogP contribution in [0.25, 0.3) is 5.69 Å². The molecule has 0 aliphatic rings. The molecule has 0 bridgehead atoms. The zero-order valence-electron chi connectivity index (χ0n) is 12.4. The summed E-state index contributed by atoms with van der Waals surface area (Å²) in [6.45, 7) is 1.85. The smallest absolute Gasteiger partial charge is 0.258 e. The van der Waals surface area contributed by atoms with Crippen LogP contribution < -0.4 is 0 Å². The number of nitro benzene ring substituents is 1. The van der Waals surface area contributed by atoms with Crippen molar-refractivity contribution in [2.75, 3.05) is 0 Å². The van der Waals surface area contributed by atoms with Gasteiger partial charge >= 0.3 is 0 Å². The van der Waals surface area contributed by atoms with Crippen molar-refractivity contribution in [3.05, 3.63) is 64.2 Å². The fraction of sp³-hybridized carbons (Fsp3) is 0.0714. The number of benzene rings is 2. The number of aryl methyl sites for hydroxylation is 1. The van der Waals surface area contributed by atoms with Crippen molar-refractivity contribution in [2.45, 2.75) is 17.0 Å². The molecule has 2 aromatic carbocycles. The van der Waals surface area contributed by atoms with E-state index in [1.54, 1.807) is 12.1 Å². The van der Waals surface area contributed by atoms with Gasteiger partial charge in [-0.1, -0.05) is 22.8 Å². The molecule has 0 atom stereocenters. The van der Waals surface area contributed by atoms with Gasteiger partial charge in [0.2, 0.25) is 9.84 Å². The number of nitro groups is 1. The molecule has 0 aliphatic carbocycles. The van der Waals surface area contributed by atoms with Gasteiger partial charge in [-0.05, 0) is 36.4 Å². The standard InChI is InChI=1S/C14H11N5O4S/c1-10-2-8-13(9-3-10)24(22,23)14-15-17-18(16-14)11-4-6-12(7-5-11)19(20)21/h2-9H,1H3. The minimum absolute atomic E-state index is 0.0661. The minimum Gasteiger partial charge on any atom is -0.258 e. The van der Waals surface area contributed by atoms with Crippen LogP contribution in [0.15, 0.2) is 58.6 Å². The SMILES string of the molecule is Cc1ccc(S(=O)(=O)c2nnn(-c3ccc([N+](=O)[O-])cc3)n2)cc1. The highest BCUT2D eigenvalue weighted by Crippen LogP contribution is 2.18. The number of hydrogen-bond donors (Lipinski definition) is 0. The molecule has 0 saturated carbocycles. The number of tetrazole rings is 1. The Hall–Kier alpha value is -3.14. The molecule has 0 N–H and O–H groups in total. The fourth-order valence-corrected chi connectivity index (χ4v) is 2.98. The Labute approximate surface area is 136 Å². The van der Waals surface area contributed by atoms with Crippen LogP contribution in [0.5, 0.6) is 0 Å². The van der Waals surface area contributed by atoms with E-state index in [1.807, 2.05) is 6.92 Å². The third-order valence-corrected chi connectivity index (χ3v) is 4.80. The van der Waals surface area contributed by atoms with E-state index in [0.717, 1.165) is 10.4 Å². The molecular weight excluding hydrogens is 334 g/mol. The highest BCUT2D eigenvalue weighted by atomic mass is 32.2. The summed E-state index contributed by atoms with van der Waals surface area (Å²) in [5, 5.41) is 21.3. The van der Waals surface area contributed by atoms with E-state index in [2.05, 4.69) is 15.4 Å². The predicted octanol–water partition coefficient (Wildman–Crippen LogP) is 1.71. The zero-order valence-corrected chi connectivity index (χ0v) is 13.2. The van der Waals surface area contributed by atoms with E-state index >= 15 is 0 Å². The summed E-state index contributed by atoms with van der Waals surface area (Å²) < 4.78 is 24.9. The first kappa shape index (κ1) is 15.7. The first-order valence-corrected chi connectivity index (χ1v) is 8.23. The Morgan fingerprint density at radius 1 is 1.04 bits per heavy atom. The quantitative estimate of drug-likeness (QED) is 0.521. The van der Waals surface area contributed by atoms with Gasteiger partial charge in [0, 0.05) is 12.1 Å². The number of non-ortho nitro benzene ring substituents is 1. The first-order valence-electron chi connectivity index (χ1n) is 6.74. The Balaban J connectivity index is 1.95. The maximum atomic E-state index is 12.5. The van der Waals surface area contributed by atoms with Gasteiger partial charge in [-0.3, -0.25) is 10.1 Å². The number of rotatable bonds is 4. The highest BCUT2D eigenvalue weighted by Gasteiger charge is 2.23. The molecule has 122 valence electrons. The normalized spacial score (nSPS) is 11.4. The van der Waals surface area contributed by atoms with E-state index < -0.39 is 19.9 Å². The second-order valence-electron chi connectivity index (χ2n) is 4.95.